The van der Waals surface area contributed by atoms with E-state index in [2.05, 4.69) is 30.8 Å². The van der Waals surface area contributed by atoms with Gasteiger partial charge in [0.1, 0.15) is 5.01 Å². The Morgan fingerprint density at radius 1 is 1.31 bits per heavy atom. The quantitative estimate of drug-likeness (QED) is 0.736. The molecule has 0 aromatic carbocycles. The molecule has 1 amide bonds. The number of tetrazole rings is 1. The molecule has 8 nitrogen and oxygen atoms in total. The minimum Gasteiger partial charge on any atom is -0.355 e. The molecular formula is C17H19N7OS. The number of nitrogens with one attached hydrogen (secondary N) is 1. The summed E-state index contributed by atoms with van der Waals surface area (Å²) in [5.41, 5.74) is 2.04. The van der Waals surface area contributed by atoms with E-state index in [0.717, 1.165) is 42.1 Å². The lowest BCUT2D eigenvalue weighted by Crippen LogP contribution is -2.32. The minimum atomic E-state index is -0.268. The first kappa shape index (κ1) is 16.8. The van der Waals surface area contributed by atoms with E-state index in [1.54, 1.807) is 28.4 Å². The van der Waals surface area contributed by atoms with Crippen LogP contribution in [0.25, 0.3) is 10.6 Å². The van der Waals surface area contributed by atoms with E-state index in [1.807, 2.05) is 17.5 Å². The highest BCUT2D eigenvalue weighted by atomic mass is 32.1. The summed E-state index contributed by atoms with van der Waals surface area (Å²) in [7, 11) is 0. The van der Waals surface area contributed by atoms with Gasteiger partial charge in [-0.1, -0.05) is 6.42 Å². The number of pyridine rings is 1. The first-order valence-electron chi connectivity index (χ1n) is 8.70. The smallest absolute Gasteiger partial charge is 0.230 e. The highest BCUT2D eigenvalue weighted by Crippen LogP contribution is 2.24. The molecule has 134 valence electrons. The van der Waals surface area contributed by atoms with Gasteiger partial charge in [0.2, 0.25) is 5.91 Å². The fraction of sp³-hybridized carbons (Fsp3) is 0.412. The second kappa shape index (κ2) is 7.69. The van der Waals surface area contributed by atoms with Crippen LogP contribution in [0.4, 0.5) is 0 Å². The monoisotopic (exact) mass is 369 g/mol. The third-order valence-electron chi connectivity index (χ3n) is 4.46. The molecule has 0 unspecified atom stereocenters. The zero-order chi connectivity index (χ0) is 17.8. The Labute approximate surface area is 154 Å². The highest BCUT2D eigenvalue weighted by molar-refractivity contribution is 7.13. The van der Waals surface area contributed by atoms with Crippen molar-refractivity contribution >= 4 is 17.2 Å². The van der Waals surface area contributed by atoms with Crippen LogP contribution in [0, 0.1) is 0 Å². The maximum Gasteiger partial charge on any atom is 0.230 e. The highest BCUT2D eigenvalue weighted by Gasteiger charge is 2.28. The molecule has 1 atom stereocenters. The molecule has 0 saturated carbocycles. The Morgan fingerprint density at radius 2 is 2.19 bits per heavy atom. The molecule has 0 bridgehead atoms. The van der Waals surface area contributed by atoms with Gasteiger partial charge < -0.3 is 5.32 Å². The van der Waals surface area contributed by atoms with Crippen molar-refractivity contribution in [3.63, 3.8) is 0 Å². The predicted octanol–water partition coefficient (Wildman–Crippen LogP) is 1.82. The van der Waals surface area contributed by atoms with E-state index in [0.29, 0.717) is 18.8 Å². The summed E-state index contributed by atoms with van der Waals surface area (Å²) >= 11 is 1.60. The molecule has 0 saturated heterocycles. The fourth-order valence-corrected chi connectivity index (χ4v) is 3.95. The number of thiazole rings is 1. The zero-order valence-corrected chi connectivity index (χ0v) is 15.0. The summed E-state index contributed by atoms with van der Waals surface area (Å²) in [5.74, 6) is 0.400. The first-order chi connectivity index (χ1) is 12.8. The van der Waals surface area contributed by atoms with Crippen molar-refractivity contribution in [2.45, 2.75) is 38.1 Å². The van der Waals surface area contributed by atoms with E-state index in [9.17, 15) is 4.79 Å². The lowest BCUT2D eigenvalue weighted by atomic mass is 10.0. The molecule has 0 radical (unpaired) electrons. The van der Waals surface area contributed by atoms with Gasteiger partial charge in [-0.2, -0.15) is 0 Å². The number of hydrogen-bond donors (Lipinski definition) is 1. The van der Waals surface area contributed by atoms with Crippen molar-refractivity contribution in [1.82, 2.24) is 35.5 Å². The lowest BCUT2D eigenvalue weighted by molar-refractivity contribution is -0.122. The summed E-state index contributed by atoms with van der Waals surface area (Å²) < 4.78 is 1.75. The van der Waals surface area contributed by atoms with Crippen molar-refractivity contribution in [3.8, 4) is 10.6 Å². The Morgan fingerprint density at radius 3 is 3.08 bits per heavy atom. The number of rotatable bonds is 5. The number of aromatic nitrogens is 6. The molecule has 0 spiro atoms. The molecule has 0 fully saturated rings. The standard InChI is InChI=1S/C17H19N7OS/c25-16(14-3-1-2-10-24-15(14)21-22-23-24)19-9-6-13-11-26-17(20-13)12-4-7-18-8-5-12/h4-5,7-8,11,14H,1-3,6,9-10H2,(H,19,25)/t14-/m0/s1. The number of hydrogen-bond acceptors (Lipinski definition) is 7. The molecule has 1 N–H and O–H groups in total. The van der Waals surface area contributed by atoms with E-state index in [1.165, 1.54) is 0 Å². The number of nitrogens with zero attached hydrogens (tertiary/aromatic N) is 6. The summed E-state index contributed by atoms with van der Waals surface area (Å²) in [6.45, 7) is 1.33. The third-order valence-corrected chi connectivity index (χ3v) is 5.40. The maximum atomic E-state index is 12.6. The van der Waals surface area contributed by atoms with Crippen LogP contribution in [0.2, 0.25) is 0 Å². The van der Waals surface area contributed by atoms with Gasteiger partial charge in [0.25, 0.3) is 0 Å². The molecule has 3 aromatic heterocycles. The van der Waals surface area contributed by atoms with Crippen LogP contribution in [0.5, 0.6) is 0 Å². The maximum absolute atomic E-state index is 12.6. The van der Waals surface area contributed by atoms with Gasteiger partial charge in [-0.05, 0) is 35.4 Å². The van der Waals surface area contributed by atoms with Gasteiger partial charge >= 0.3 is 0 Å². The van der Waals surface area contributed by atoms with Gasteiger partial charge in [0.05, 0.1) is 11.6 Å². The Kier molecular flexibility index (Phi) is 4.96. The molecule has 9 heteroatoms. The molecular weight excluding hydrogens is 350 g/mol. The number of carbonyl (C=O) groups excluding carboxylic acids is 1. The van der Waals surface area contributed by atoms with Crippen LogP contribution in [0.1, 0.15) is 36.7 Å². The lowest BCUT2D eigenvalue weighted by Gasteiger charge is -2.13. The number of aryl methyl sites for hydroxylation is 1. The Hall–Kier alpha value is -2.68. The van der Waals surface area contributed by atoms with Crippen molar-refractivity contribution < 1.29 is 4.79 Å². The normalized spacial score (nSPS) is 16.7. The Balaban J connectivity index is 1.34. The second-order valence-corrected chi connectivity index (χ2v) is 7.09. The van der Waals surface area contributed by atoms with Crippen LogP contribution < -0.4 is 5.32 Å². The molecule has 3 aromatic rings. The fourth-order valence-electron chi connectivity index (χ4n) is 3.09. The van der Waals surface area contributed by atoms with Crippen LogP contribution in [0.15, 0.2) is 29.9 Å². The van der Waals surface area contributed by atoms with Crippen LogP contribution >= 0.6 is 11.3 Å². The van der Waals surface area contributed by atoms with Crippen molar-refractivity contribution in [2.75, 3.05) is 6.54 Å². The number of amides is 1. The van der Waals surface area contributed by atoms with Gasteiger partial charge in [0.15, 0.2) is 5.82 Å². The molecule has 4 rings (SSSR count). The second-order valence-electron chi connectivity index (χ2n) is 6.23. The van der Waals surface area contributed by atoms with Gasteiger partial charge in [-0.15, -0.1) is 16.4 Å². The van der Waals surface area contributed by atoms with Gasteiger partial charge in [-0.25, -0.2) is 9.67 Å². The Bertz CT molecular complexity index is 876. The third kappa shape index (κ3) is 3.62. The van der Waals surface area contributed by atoms with Gasteiger partial charge in [0, 0.05) is 42.8 Å². The van der Waals surface area contributed by atoms with Crippen LogP contribution in [-0.2, 0) is 17.8 Å². The molecule has 4 heterocycles. The summed E-state index contributed by atoms with van der Waals surface area (Å²) in [6.07, 6.45) is 7.00. The molecule has 1 aliphatic heterocycles. The summed E-state index contributed by atoms with van der Waals surface area (Å²) in [4.78, 5) is 21.2. The minimum absolute atomic E-state index is 0.00691. The van der Waals surface area contributed by atoms with E-state index in [4.69, 9.17) is 0 Å². The van der Waals surface area contributed by atoms with E-state index < -0.39 is 0 Å². The van der Waals surface area contributed by atoms with Crippen molar-refractivity contribution in [3.05, 3.63) is 41.4 Å². The van der Waals surface area contributed by atoms with Gasteiger partial charge in [-0.3, -0.25) is 9.78 Å². The topological polar surface area (TPSA) is 98.5 Å². The van der Waals surface area contributed by atoms with E-state index in [-0.39, 0.29) is 11.8 Å². The van der Waals surface area contributed by atoms with E-state index >= 15 is 0 Å². The summed E-state index contributed by atoms with van der Waals surface area (Å²) in [5, 5.41) is 17.7. The SMILES string of the molecule is O=C(NCCc1csc(-c2ccncc2)n1)[C@H]1CCCCn2nnnc21. The van der Waals surface area contributed by atoms with Crippen LogP contribution in [0.3, 0.4) is 0 Å². The summed E-state index contributed by atoms with van der Waals surface area (Å²) in [6, 6.07) is 3.89. The predicted molar refractivity (Wildman–Crippen MR) is 96.5 cm³/mol. The van der Waals surface area contributed by atoms with Crippen LogP contribution in [-0.4, -0.2) is 42.6 Å². The molecule has 26 heavy (non-hydrogen) atoms. The number of fused-ring (bicyclic) bond motifs is 1. The first-order valence-corrected chi connectivity index (χ1v) is 9.58. The number of carbonyl (C=O) groups is 1. The van der Waals surface area contributed by atoms with Crippen molar-refractivity contribution in [1.29, 1.82) is 0 Å². The molecule has 1 aliphatic rings. The average Bonchev–Trinajstić information content (AvgIpc) is 3.28. The average molecular weight is 369 g/mol. The van der Waals surface area contributed by atoms with Crippen molar-refractivity contribution in [2.24, 2.45) is 0 Å². The zero-order valence-electron chi connectivity index (χ0n) is 14.2. The largest absolute Gasteiger partial charge is 0.355 e. The molecule has 0 aliphatic carbocycles.